The van der Waals surface area contributed by atoms with Crippen LogP contribution in [-0.4, -0.2) is 39.8 Å². The largest absolute Gasteiger partial charge is 0.451 e. The Kier molecular flexibility index (Phi) is 6.08. The van der Waals surface area contributed by atoms with Gasteiger partial charge in [0.25, 0.3) is 11.8 Å². The molecule has 4 aromatic rings. The second kappa shape index (κ2) is 9.46. The van der Waals surface area contributed by atoms with E-state index in [4.69, 9.17) is 4.42 Å². The maximum Gasteiger partial charge on any atom is 0.291 e. The highest BCUT2D eigenvalue weighted by Gasteiger charge is 2.22. The monoisotopic (exact) mass is 458 g/mol. The number of hydrogen-bond acceptors (Lipinski definition) is 6. The minimum absolute atomic E-state index is 0.0325. The topological polar surface area (TPSA) is 88.3 Å². The lowest BCUT2D eigenvalue weighted by Gasteiger charge is -2.15. The van der Waals surface area contributed by atoms with Crippen LogP contribution in [0, 0.1) is 0 Å². The Morgan fingerprint density at radius 2 is 1.70 bits per heavy atom. The van der Waals surface area contributed by atoms with E-state index in [0.29, 0.717) is 27.7 Å². The summed E-state index contributed by atoms with van der Waals surface area (Å²) in [5.74, 6) is 0.448. The van der Waals surface area contributed by atoms with Crippen LogP contribution in [0.4, 0.5) is 5.69 Å². The summed E-state index contributed by atoms with van der Waals surface area (Å²) in [6.07, 6.45) is 5.48. The summed E-state index contributed by atoms with van der Waals surface area (Å²) in [7, 11) is 0. The van der Waals surface area contributed by atoms with Crippen LogP contribution in [-0.2, 0) is 5.75 Å². The van der Waals surface area contributed by atoms with Crippen LogP contribution in [0.1, 0.15) is 39.3 Å². The normalized spacial score (nSPS) is 13.4. The highest BCUT2D eigenvalue weighted by atomic mass is 32.2. The van der Waals surface area contributed by atoms with Crippen LogP contribution in [0.3, 0.4) is 0 Å². The Hall–Kier alpha value is -3.65. The number of hydrogen-bond donors (Lipinski definition) is 1. The second-order valence-corrected chi connectivity index (χ2v) is 8.70. The number of anilines is 1. The number of benzene rings is 2. The molecule has 8 heteroatoms. The molecule has 1 aliphatic rings. The lowest BCUT2D eigenvalue weighted by atomic mass is 10.1. The molecule has 0 unspecified atom stereocenters. The van der Waals surface area contributed by atoms with Crippen molar-refractivity contribution in [2.45, 2.75) is 23.8 Å². The SMILES string of the molecule is O=C(Nc1ccc(C(=O)N2CCCC2)cc1)c1oc2ccccc2c1CSc1ncccn1. The molecule has 0 aliphatic carbocycles. The summed E-state index contributed by atoms with van der Waals surface area (Å²) in [6.45, 7) is 1.61. The zero-order valence-electron chi connectivity index (χ0n) is 17.9. The number of likely N-dealkylation sites (tertiary alicyclic amines) is 1. The fourth-order valence-corrected chi connectivity index (χ4v) is 4.74. The van der Waals surface area contributed by atoms with Gasteiger partial charge in [0.15, 0.2) is 10.9 Å². The van der Waals surface area contributed by atoms with E-state index in [1.54, 1.807) is 42.7 Å². The van der Waals surface area contributed by atoms with Gasteiger partial charge in [-0.15, -0.1) is 0 Å². The molecule has 33 heavy (non-hydrogen) atoms. The lowest BCUT2D eigenvalue weighted by molar-refractivity contribution is 0.0792. The third-order valence-corrected chi connectivity index (χ3v) is 6.48. The number of carbonyl (C=O) groups is 2. The molecule has 1 N–H and O–H groups in total. The summed E-state index contributed by atoms with van der Waals surface area (Å²) in [6, 6.07) is 16.3. The van der Waals surface area contributed by atoms with E-state index >= 15 is 0 Å². The van der Waals surface area contributed by atoms with E-state index in [1.807, 2.05) is 29.2 Å². The molecule has 0 atom stereocenters. The summed E-state index contributed by atoms with van der Waals surface area (Å²) < 4.78 is 5.92. The minimum atomic E-state index is -0.339. The van der Waals surface area contributed by atoms with Gasteiger partial charge in [-0.05, 0) is 49.2 Å². The van der Waals surface area contributed by atoms with E-state index < -0.39 is 0 Å². The van der Waals surface area contributed by atoms with E-state index in [9.17, 15) is 9.59 Å². The summed E-state index contributed by atoms with van der Waals surface area (Å²) >= 11 is 1.44. The van der Waals surface area contributed by atoms with Crippen LogP contribution >= 0.6 is 11.8 Å². The molecule has 2 amide bonds. The summed E-state index contributed by atoms with van der Waals surface area (Å²) in [4.78, 5) is 36.0. The number of nitrogens with one attached hydrogen (secondary N) is 1. The molecule has 7 nitrogen and oxygen atoms in total. The maximum absolute atomic E-state index is 13.1. The average Bonchev–Trinajstić information content (AvgIpc) is 3.52. The van der Waals surface area contributed by atoms with Gasteiger partial charge in [-0.25, -0.2) is 9.97 Å². The van der Waals surface area contributed by atoms with Gasteiger partial charge >= 0.3 is 0 Å². The molecule has 0 spiro atoms. The standard InChI is InChI=1S/C25H22N4O3S/c30-23(28-18-10-8-17(9-11-18)24(31)29-14-3-4-15-29)22-20(16-33-25-26-12-5-13-27-25)19-6-1-2-7-21(19)32-22/h1-2,5-13H,3-4,14-16H2,(H,28,30). The quantitative estimate of drug-likeness (QED) is 0.323. The number of furan rings is 1. The van der Waals surface area contributed by atoms with Crippen molar-refractivity contribution in [2.24, 2.45) is 0 Å². The van der Waals surface area contributed by atoms with Crippen molar-refractivity contribution in [1.82, 2.24) is 14.9 Å². The van der Waals surface area contributed by atoms with Crippen LogP contribution in [0.5, 0.6) is 0 Å². The van der Waals surface area contributed by atoms with Crippen molar-refractivity contribution in [3.8, 4) is 0 Å². The number of nitrogens with zero attached hydrogens (tertiary/aromatic N) is 3. The molecule has 1 fully saturated rings. The van der Waals surface area contributed by atoms with Crippen molar-refractivity contribution in [2.75, 3.05) is 18.4 Å². The van der Waals surface area contributed by atoms with Gasteiger partial charge in [-0.3, -0.25) is 9.59 Å². The predicted molar refractivity (Wildman–Crippen MR) is 127 cm³/mol. The first-order chi connectivity index (χ1) is 16.2. The van der Waals surface area contributed by atoms with Crippen molar-refractivity contribution in [3.05, 3.63) is 83.9 Å². The lowest BCUT2D eigenvalue weighted by Crippen LogP contribution is -2.27. The Balaban J connectivity index is 1.35. The number of carbonyl (C=O) groups excluding carboxylic acids is 2. The second-order valence-electron chi connectivity index (χ2n) is 7.76. The number of para-hydroxylation sites is 1. The van der Waals surface area contributed by atoms with Gasteiger partial charge in [0.2, 0.25) is 0 Å². The zero-order valence-corrected chi connectivity index (χ0v) is 18.7. The van der Waals surface area contributed by atoms with Gasteiger partial charge in [0, 0.05) is 53.4 Å². The number of aromatic nitrogens is 2. The Labute approximate surface area is 195 Å². The molecule has 0 bridgehead atoms. The van der Waals surface area contributed by atoms with Crippen molar-refractivity contribution < 1.29 is 14.0 Å². The molecule has 1 saturated heterocycles. The van der Waals surface area contributed by atoms with E-state index in [0.717, 1.165) is 36.9 Å². The number of amides is 2. The van der Waals surface area contributed by atoms with E-state index in [1.165, 1.54) is 11.8 Å². The Morgan fingerprint density at radius 1 is 0.970 bits per heavy atom. The fraction of sp³-hybridized carbons (Fsp3) is 0.200. The molecule has 2 aromatic heterocycles. The molecule has 3 heterocycles. The highest BCUT2D eigenvalue weighted by molar-refractivity contribution is 7.98. The third kappa shape index (κ3) is 4.61. The van der Waals surface area contributed by atoms with Crippen LogP contribution < -0.4 is 5.32 Å². The maximum atomic E-state index is 13.1. The minimum Gasteiger partial charge on any atom is -0.451 e. The van der Waals surface area contributed by atoms with Gasteiger partial charge in [-0.1, -0.05) is 30.0 Å². The third-order valence-electron chi connectivity index (χ3n) is 5.58. The molecule has 1 aliphatic heterocycles. The zero-order chi connectivity index (χ0) is 22.6. The van der Waals surface area contributed by atoms with Gasteiger partial charge in [-0.2, -0.15) is 0 Å². The molecule has 0 saturated carbocycles. The number of rotatable bonds is 6. The van der Waals surface area contributed by atoms with Crippen LogP contribution in [0.2, 0.25) is 0 Å². The first-order valence-electron chi connectivity index (χ1n) is 10.8. The molecule has 2 aromatic carbocycles. The summed E-state index contributed by atoms with van der Waals surface area (Å²) in [5.41, 5.74) is 2.67. The van der Waals surface area contributed by atoms with Gasteiger partial charge < -0.3 is 14.6 Å². The van der Waals surface area contributed by atoms with Crippen LogP contribution in [0.25, 0.3) is 11.0 Å². The molecular weight excluding hydrogens is 436 g/mol. The van der Waals surface area contributed by atoms with E-state index in [-0.39, 0.29) is 17.6 Å². The first-order valence-corrected chi connectivity index (χ1v) is 11.8. The molecule has 0 radical (unpaired) electrons. The summed E-state index contributed by atoms with van der Waals surface area (Å²) in [5, 5.41) is 4.41. The van der Waals surface area contributed by atoms with Crippen molar-refractivity contribution in [3.63, 3.8) is 0 Å². The molecule has 166 valence electrons. The first kappa shape index (κ1) is 21.2. The highest BCUT2D eigenvalue weighted by Crippen LogP contribution is 2.31. The van der Waals surface area contributed by atoms with Crippen molar-refractivity contribution >= 4 is 40.2 Å². The van der Waals surface area contributed by atoms with Crippen LogP contribution in [0.15, 0.2) is 76.6 Å². The van der Waals surface area contributed by atoms with Crippen molar-refractivity contribution in [1.29, 1.82) is 0 Å². The Morgan fingerprint density at radius 3 is 2.45 bits per heavy atom. The Bertz CT molecular complexity index is 1280. The fourth-order valence-electron chi connectivity index (χ4n) is 3.91. The number of fused-ring (bicyclic) bond motifs is 1. The van der Waals surface area contributed by atoms with E-state index in [2.05, 4.69) is 15.3 Å². The van der Waals surface area contributed by atoms with Gasteiger partial charge in [0.05, 0.1) is 0 Å². The molecular formula is C25H22N4O3S. The number of thioether (sulfide) groups is 1. The average molecular weight is 459 g/mol. The predicted octanol–water partition coefficient (Wildman–Crippen LogP) is 5.00. The van der Waals surface area contributed by atoms with Gasteiger partial charge in [0.1, 0.15) is 5.58 Å². The molecule has 5 rings (SSSR count). The smallest absolute Gasteiger partial charge is 0.291 e.